The van der Waals surface area contributed by atoms with E-state index in [2.05, 4.69) is 34.2 Å². The molecule has 4 heteroatoms. The molecule has 0 amide bonds. The molecule has 1 unspecified atom stereocenters. The summed E-state index contributed by atoms with van der Waals surface area (Å²) >= 11 is 0. The Morgan fingerprint density at radius 2 is 1.90 bits per heavy atom. The first kappa shape index (κ1) is 13.5. The molecule has 0 N–H and O–H groups in total. The fourth-order valence-corrected chi connectivity index (χ4v) is 2.33. The highest BCUT2D eigenvalue weighted by atomic mass is 16.5. The topological polar surface area (TPSA) is 51.8 Å². The monoisotopic (exact) mass is 279 g/mol. The lowest BCUT2D eigenvalue weighted by Crippen LogP contribution is -1.99. The lowest BCUT2D eigenvalue weighted by molar-refractivity contribution is 0.363. The Labute approximate surface area is 123 Å². The molecule has 106 valence electrons. The number of rotatable bonds is 4. The first-order valence-corrected chi connectivity index (χ1v) is 7.09. The lowest BCUT2D eigenvalue weighted by Gasteiger charge is -2.09. The molecule has 1 aromatic carbocycles. The second-order valence-corrected chi connectivity index (χ2v) is 5.02. The number of hydrogen-bond donors (Lipinski definition) is 0. The van der Waals surface area contributed by atoms with Crippen molar-refractivity contribution in [2.24, 2.45) is 0 Å². The van der Waals surface area contributed by atoms with Crippen molar-refractivity contribution in [2.45, 2.75) is 26.2 Å². The average Bonchev–Trinajstić information content (AvgIpc) is 2.99. The van der Waals surface area contributed by atoms with E-state index in [0.717, 1.165) is 17.7 Å². The summed E-state index contributed by atoms with van der Waals surface area (Å²) in [7, 11) is 0. The predicted octanol–water partition coefficient (Wildman–Crippen LogP) is 3.98. The zero-order valence-corrected chi connectivity index (χ0v) is 12.2. The van der Waals surface area contributed by atoms with E-state index in [4.69, 9.17) is 4.52 Å². The number of hydrogen-bond acceptors (Lipinski definition) is 4. The molecular formula is C17H17N3O. The third-order valence-electron chi connectivity index (χ3n) is 3.52. The number of benzene rings is 1. The highest BCUT2D eigenvalue weighted by Crippen LogP contribution is 2.27. The van der Waals surface area contributed by atoms with Gasteiger partial charge in [0.1, 0.15) is 0 Å². The van der Waals surface area contributed by atoms with Gasteiger partial charge in [0.05, 0.1) is 5.92 Å². The van der Waals surface area contributed by atoms with E-state index < -0.39 is 0 Å². The SMILES string of the molecule is CCC(c1ccccc1)c1nc(-c2ccc(C)nc2)no1. The Morgan fingerprint density at radius 3 is 2.57 bits per heavy atom. The van der Waals surface area contributed by atoms with Crippen molar-refractivity contribution in [3.63, 3.8) is 0 Å². The standard InChI is InChI=1S/C17H17N3O/c1-3-15(13-7-5-4-6-8-13)17-19-16(20-21-17)14-10-9-12(2)18-11-14/h4-11,15H,3H2,1-2H3. The molecule has 21 heavy (non-hydrogen) atoms. The van der Waals surface area contributed by atoms with Crippen molar-refractivity contribution in [1.29, 1.82) is 0 Å². The van der Waals surface area contributed by atoms with Crippen molar-refractivity contribution >= 4 is 0 Å². The van der Waals surface area contributed by atoms with Gasteiger partial charge in [0.15, 0.2) is 0 Å². The summed E-state index contributed by atoms with van der Waals surface area (Å²) in [6, 6.07) is 14.1. The quantitative estimate of drug-likeness (QED) is 0.724. The molecule has 0 radical (unpaired) electrons. The molecule has 3 aromatic rings. The van der Waals surface area contributed by atoms with Crippen LogP contribution in [0.4, 0.5) is 0 Å². The Balaban J connectivity index is 1.92. The summed E-state index contributed by atoms with van der Waals surface area (Å²) in [6.45, 7) is 4.07. The van der Waals surface area contributed by atoms with Gasteiger partial charge in [-0.2, -0.15) is 4.98 Å². The summed E-state index contributed by atoms with van der Waals surface area (Å²) < 4.78 is 5.47. The Bertz CT molecular complexity index is 704. The van der Waals surface area contributed by atoms with E-state index >= 15 is 0 Å². The molecule has 2 heterocycles. The summed E-state index contributed by atoms with van der Waals surface area (Å²) in [5, 5.41) is 4.08. The van der Waals surface area contributed by atoms with Crippen LogP contribution in [-0.4, -0.2) is 15.1 Å². The number of pyridine rings is 1. The summed E-state index contributed by atoms with van der Waals surface area (Å²) in [5.74, 6) is 1.37. The lowest BCUT2D eigenvalue weighted by atomic mass is 9.96. The molecule has 2 aromatic heterocycles. The van der Waals surface area contributed by atoms with Crippen LogP contribution in [0.2, 0.25) is 0 Å². The average molecular weight is 279 g/mol. The second-order valence-electron chi connectivity index (χ2n) is 5.02. The maximum absolute atomic E-state index is 5.47. The van der Waals surface area contributed by atoms with Crippen molar-refractivity contribution in [3.8, 4) is 11.4 Å². The van der Waals surface area contributed by atoms with Crippen LogP contribution >= 0.6 is 0 Å². The highest BCUT2D eigenvalue weighted by Gasteiger charge is 2.19. The molecule has 0 fully saturated rings. The third-order valence-corrected chi connectivity index (χ3v) is 3.52. The molecule has 0 bridgehead atoms. The van der Waals surface area contributed by atoms with Gasteiger partial charge in [-0.15, -0.1) is 0 Å². The maximum atomic E-state index is 5.47. The molecule has 0 saturated heterocycles. The van der Waals surface area contributed by atoms with Gasteiger partial charge in [0.2, 0.25) is 11.7 Å². The zero-order chi connectivity index (χ0) is 14.7. The van der Waals surface area contributed by atoms with E-state index in [1.54, 1.807) is 6.20 Å². The fraction of sp³-hybridized carbons (Fsp3) is 0.235. The Morgan fingerprint density at radius 1 is 1.10 bits per heavy atom. The van der Waals surface area contributed by atoms with Crippen LogP contribution in [-0.2, 0) is 0 Å². The number of aryl methyl sites for hydroxylation is 1. The van der Waals surface area contributed by atoms with Gasteiger partial charge in [0, 0.05) is 17.5 Å². The molecule has 0 aliphatic rings. The minimum atomic E-state index is 0.130. The van der Waals surface area contributed by atoms with E-state index in [1.807, 2.05) is 37.3 Å². The van der Waals surface area contributed by atoms with Crippen LogP contribution in [0.5, 0.6) is 0 Å². The number of nitrogens with zero attached hydrogens (tertiary/aromatic N) is 3. The first-order chi connectivity index (χ1) is 10.3. The maximum Gasteiger partial charge on any atom is 0.234 e. The largest absolute Gasteiger partial charge is 0.338 e. The summed E-state index contributed by atoms with van der Waals surface area (Å²) in [5.41, 5.74) is 3.04. The van der Waals surface area contributed by atoms with Crippen LogP contribution in [0, 0.1) is 6.92 Å². The van der Waals surface area contributed by atoms with Crippen molar-refractivity contribution in [2.75, 3.05) is 0 Å². The molecule has 3 rings (SSSR count). The molecule has 0 aliphatic heterocycles. The van der Waals surface area contributed by atoms with Crippen LogP contribution in [0.3, 0.4) is 0 Å². The van der Waals surface area contributed by atoms with Gasteiger partial charge < -0.3 is 4.52 Å². The number of aromatic nitrogens is 3. The minimum Gasteiger partial charge on any atom is -0.338 e. The van der Waals surface area contributed by atoms with Crippen molar-refractivity contribution in [3.05, 3.63) is 65.8 Å². The smallest absolute Gasteiger partial charge is 0.234 e. The molecule has 4 nitrogen and oxygen atoms in total. The van der Waals surface area contributed by atoms with Crippen molar-refractivity contribution in [1.82, 2.24) is 15.1 Å². The van der Waals surface area contributed by atoms with Crippen LogP contribution < -0.4 is 0 Å². The van der Waals surface area contributed by atoms with E-state index in [-0.39, 0.29) is 5.92 Å². The van der Waals surface area contributed by atoms with Gasteiger partial charge in [-0.3, -0.25) is 4.98 Å². The van der Waals surface area contributed by atoms with Gasteiger partial charge in [0.25, 0.3) is 0 Å². The Kier molecular flexibility index (Phi) is 3.77. The van der Waals surface area contributed by atoms with Crippen LogP contribution in [0.15, 0.2) is 53.2 Å². The molecule has 0 spiro atoms. The Hall–Kier alpha value is -2.49. The van der Waals surface area contributed by atoms with Crippen LogP contribution in [0.1, 0.15) is 36.4 Å². The normalized spacial score (nSPS) is 12.3. The summed E-state index contributed by atoms with van der Waals surface area (Å²) in [6.07, 6.45) is 2.69. The van der Waals surface area contributed by atoms with Gasteiger partial charge in [-0.05, 0) is 31.0 Å². The highest BCUT2D eigenvalue weighted by molar-refractivity contribution is 5.52. The van der Waals surface area contributed by atoms with E-state index in [9.17, 15) is 0 Å². The molecule has 0 aliphatic carbocycles. The third kappa shape index (κ3) is 2.84. The minimum absolute atomic E-state index is 0.130. The fourth-order valence-electron chi connectivity index (χ4n) is 2.33. The van der Waals surface area contributed by atoms with E-state index in [1.165, 1.54) is 5.56 Å². The van der Waals surface area contributed by atoms with E-state index in [0.29, 0.717) is 11.7 Å². The molecule has 1 atom stereocenters. The van der Waals surface area contributed by atoms with Crippen molar-refractivity contribution < 1.29 is 4.52 Å². The molecular weight excluding hydrogens is 262 g/mol. The zero-order valence-electron chi connectivity index (χ0n) is 12.2. The predicted molar refractivity (Wildman–Crippen MR) is 80.8 cm³/mol. The van der Waals surface area contributed by atoms with Gasteiger partial charge in [-0.1, -0.05) is 42.4 Å². The first-order valence-electron chi connectivity index (χ1n) is 7.09. The van der Waals surface area contributed by atoms with Crippen LogP contribution in [0.25, 0.3) is 11.4 Å². The summed E-state index contributed by atoms with van der Waals surface area (Å²) in [4.78, 5) is 8.81. The van der Waals surface area contributed by atoms with Gasteiger partial charge >= 0.3 is 0 Å². The molecule has 0 saturated carbocycles. The second kappa shape index (κ2) is 5.87. The van der Waals surface area contributed by atoms with Gasteiger partial charge in [-0.25, -0.2) is 0 Å².